The summed E-state index contributed by atoms with van der Waals surface area (Å²) in [6.45, 7) is 6.43. The van der Waals surface area contributed by atoms with Crippen LogP contribution in [0.5, 0.6) is 0 Å². The fourth-order valence-corrected chi connectivity index (χ4v) is 4.50. The quantitative estimate of drug-likeness (QED) is 0.857. The van der Waals surface area contributed by atoms with E-state index in [0.717, 1.165) is 13.0 Å². The number of aryl methyl sites for hydroxylation is 2. The van der Waals surface area contributed by atoms with Gasteiger partial charge in [-0.05, 0) is 40.0 Å². The average Bonchev–Trinajstić information content (AvgIpc) is 3.11. The Morgan fingerprint density at radius 1 is 1.41 bits per heavy atom. The van der Waals surface area contributed by atoms with E-state index in [1.54, 1.807) is 6.92 Å². The van der Waals surface area contributed by atoms with Crippen LogP contribution in [0, 0.1) is 19.3 Å². The summed E-state index contributed by atoms with van der Waals surface area (Å²) in [4.78, 5) is 14.8. The summed E-state index contributed by atoms with van der Waals surface area (Å²) < 4.78 is 11.1. The van der Waals surface area contributed by atoms with E-state index in [1.165, 1.54) is 25.7 Å². The Morgan fingerprint density at radius 3 is 2.64 bits per heavy atom. The van der Waals surface area contributed by atoms with Crippen molar-refractivity contribution in [1.29, 1.82) is 0 Å². The molecule has 1 amide bonds. The van der Waals surface area contributed by atoms with Crippen molar-refractivity contribution in [2.75, 3.05) is 13.7 Å². The third-order valence-corrected chi connectivity index (χ3v) is 5.68. The van der Waals surface area contributed by atoms with Crippen molar-refractivity contribution in [2.24, 2.45) is 5.41 Å². The molecule has 5 nitrogen and oxygen atoms in total. The molecule has 2 fully saturated rings. The highest BCUT2D eigenvalue weighted by Crippen LogP contribution is 2.56. The predicted molar refractivity (Wildman–Crippen MR) is 82.8 cm³/mol. The Morgan fingerprint density at radius 2 is 2.09 bits per heavy atom. The van der Waals surface area contributed by atoms with Crippen molar-refractivity contribution >= 4 is 5.91 Å². The van der Waals surface area contributed by atoms with Gasteiger partial charge in [-0.3, -0.25) is 4.79 Å². The zero-order valence-corrected chi connectivity index (χ0v) is 14.0. The van der Waals surface area contributed by atoms with E-state index >= 15 is 0 Å². The maximum absolute atomic E-state index is 12.9. The molecule has 3 rings (SSSR count). The minimum atomic E-state index is 0.0301. The molecule has 122 valence electrons. The standard InChI is InChI=1S/C17H26N2O3/c1-5-21-14-10-13(17(14)8-6-7-9-17)19(4)16(20)15-11(2)18-22-12(15)3/h13-14H,5-10H2,1-4H3/t13-,14+/m0/s1. The number of aromatic nitrogens is 1. The molecule has 1 heterocycles. The van der Waals surface area contributed by atoms with Crippen LogP contribution in [0.15, 0.2) is 4.52 Å². The number of rotatable bonds is 4. The van der Waals surface area contributed by atoms with Crippen LogP contribution in [0.4, 0.5) is 0 Å². The van der Waals surface area contributed by atoms with Crippen molar-refractivity contribution < 1.29 is 14.1 Å². The molecule has 5 heteroatoms. The lowest BCUT2D eigenvalue weighted by Gasteiger charge is -2.57. The second kappa shape index (κ2) is 5.69. The first kappa shape index (κ1) is 15.5. The van der Waals surface area contributed by atoms with Crippen LogP contribution < -0.4 is 0 Å². The van der Waals surface area contributed by atoms with Crippen LogP contribution in [-0.2, 0) is 4.74 Å². The van der Waals surface area contributed by atoms with Crippen molar-refractivity contribution in [3.63, 3.8) is 0 Å². The van der Waals surface area contributed by atoms with Gasteiger partial charge in [-0.15, -0.1) is 0 Å². The van der Waals surface area contributed by atoms with Crippen molar-refractivity contribution in [2.45, 2.75) is 65.0 Å². The average molecular weight is 306 g/mol. The summed E-state index contributed by atoms with van der Waals surface area (Å²) in [5, 5.41) is 3.91. The Labute approximate surface area is 132 Å². The number of nitrogens with zero attached hydrogens (tertiary/aromatic N) is 2. The van der Waals surface area contributed by atoms with Crippen LogP contribution in [0.2, 0.25) is 0 Å². The molecule has 0 saturated heterocycles. The van der Waals surface area contributed by atoms with E-state index in [1.807, 2.05) is 18.9 Å². The molecule has 2 aliphatic carbocycles. The number of hydrogen-bond acceptors (Lipinski definition) is 4. The molecule has 0 aliphatic heterocycles. The summed E-state index contributed by atoms with van der Waals surface area (Å²) in [5.74, 6) is 0.637. The Bertz CT molecular complexity index is 541. The van der Waals surface area contributed by atoms with Gasteiger partial charge in [-0.25, -0.2) is 0 Å². The zero-order valence-electron chi connectivity index (χ0n) is 14.0. The molecule has 22 heavy (non-hydrogen) atoms. The summed E-state index contributed by atoms with van der Waals surface area (Å²) in [5.41, 5.74) is 1.46. The van der Waals surface area contributed by atoms with Gasteiger partial charge in [-0.1, -0.05) is 18.0 Å². The van der Waals surface area contributed by atoms with Crippen LogP contribution in [-0.4, -0.2) is 41.8 Å². The zero-order chi connectivity index (χ0) is 15.9. The van der Waals surface area contributed by atoms with Gasteiger partial charge in [-0.2, -0.15) is 0 Å². The van der Waals surface area contributed by atoms with Gasteiger partial charge >= 0.3 is 0 Å². The van der Waals surface area contributed by atoms with Crippen molar-refractivity contribution in [3.05, 3.63) is 17.0 Å². The Balaban J connectivity index is 1.80. The highest BCUT2D eigenvalue weighted by Gasteiger charge is 2.59. The van der Waals surface area contributed by atoms with Gasteiger partial charge in [0.05, 0.1) is 11.8 Å². The monoisotopic (exact) mass is 306 g/mol. The molecule has 0 unspecified atom stereocenters. The summed E-state index contributed by atoms with van der Waals surface area (Å²) >= 11 is 0. The molecule has 2 aliphatic rings. The van der Waals surface area contributed by atoms with Crippen LogP contribution in [0.25, 0.3) is 0 Å². The lowest BCUT2D eigenvalue weighted by molar-refractivity contribution is -0.152. The first-order chi connectivity index (χ1) is 10.5. The largest absolute Gasteiger partial charge is 0.378 e. The van der Waals surface area contributed by atoms with Gasteiger partial charge in [0.15, 0.2) is 0 Å². The van der Waals surface area contributed by atoms with Crippen LogP contribution in [0.1, 0.15) is 60.8 Å². The number of carbonyl (C=O) groups is 1. The van der Waals surface area contributed by atoms with E-state index < -0.39 is 0 Å². The van der Waals surface area contributed by atoms with Gasteiger partial charge < -0.3 is 14.2 Å². The molecular weight excluding hydrogens is 280 g/mol. The van der Waals surface area contributed by atoms with E-state index in [9.17, 15) is 4.79 Å². The summed E-state index contributed by atoms with van der Waals surface area (Å²) in [6, 6.07) is 0.271. The number of hydrogen-bond donors (Lipinski definition) is 0. The number of ether oxygens (including phenoxy) is 1. The molecule has 1 aromatic heterocycles. The van der Waals surface area contributed by atoms with Gasteiger partial charge in [0, 0.05) is 25.1 Å². The van der Waals surface area contributed by atoms with Crippen LogP contribution >= 0.6 is 0 Å². The molecule has 0 radical (unpaired) electrons. The number of amides is 1. The lowest BCUT2D eigenvalue weighted by atomic mass is 9.60. The Kier molecular flexibility index (Phi) is 4.02. The second-order valence-electron chi connectivity index (χ2n) is 6.75. The first-order valence-corrected chi connectivity index (χ1v) is 8.33. The first-order valence-electron chi connectivity index (χ1n) is 8.33. The molecule has 0 N–H and O–H groups in total. The van der Waals surface area contributed by atoms with E-state index in [4.69, 9.17) is 9.26 Å². The molecule has 1 aromatic rings. The molecule has 0 aromatic carbocycles. The highest BCUT2D eigenvalue weighted by molar-refractivity contribution is 5.96. The normalized spacial score (nSPS) is 26.2. The van der Waals surface area contributed by atoms with Crippen LogP contribution in [0.3, 0.4) is 0 Å². The maximum Gasteiger partial charge on any atom is 0.259 e. The molecule has 2 atom stereocenters. The minimum Gasteiger partial charge on any atom is -0.378 e. The third kappa shape index (κ3) is 2.18. The molecule has 2 saturated carbocycles. The summed E-state index contributed by atoms with van der Waals surface area (Å²) in [7, 11) is 1.92. The van der Waals surface area contributed by atoms with E-state index in [2.05, 4.69) is 12.1 Å². The smallest absolute Gasteiger partial charge is 0.259 e. The van der Waals surface area contributed by atoms with Gasteiger partial charge in [0.2, 0.25) is 0 Å². The van der Waals surface area contributed by atoms with Crippen molar-refractivity contribution in [3.8, 4) is 0 Å². The fraction of sp³-hybridized carbons (Fsp3) is 0.765. The second-order valence-corrected chi connectivity index (χ2v) is 6.75. The van der Waals surface area contributed by atoms with E-state index in [0.29, 0.717) is 23.1 Å². The highest BCUT2D eigenvalue weighted by atomic mass is 16.5. The predicted octanol–water partition coefficient (Wildman–Crippen LogP) is 3.10. The Hall–Kier alpha value is -1.36. The molecule has 0 bridgehead atoms. The van der Waals surface area contributed by atoms with Gasteiger partial charge in [0.1, 0.15) is 11.3 Å². The van der Waals surface area contributed by atoms with Gasteiger partial charge in [0.25, 0.3) is 5.91 Å². The summed E-state index contributed by atoms with van der Waals surface area (Å²) in [6.07, 6.45) is 6.08. The fourth-order valence-electron chi connectivity index (χ4n) is 4.50. The SMILES string of the molecule is CCO[C@@H]1C[C@H](N(C)C(=O)c2c(C)noc2C)C12CCCC2. The molecular formula is C17H26N2O3. The minimum absolute atomic E-state index is 0.0301. The topological polar surface area (TPSA) is 55.6 Å². The molecule has 1 spiro atoms. The van der Waals surface area contributed by atoms with E-state index in [-0.39, 0.29) is 17.4 Å². The third-order valence-electron chi connectivity index (χ3n) is 5.68. The van der Waals surface area contributed by atoms with Crippen molar-refractivity contribution in [1.82, 2.24) is 10.1 Å². The maximum atomic E-state index is 12.9. The lowest BCUT2D eigenvalue weighted by Crippen LogP contribution is -2.64. The number of carbonyl (C=O) groups excluding carboxylic acids is 1.